The predicted molar refractivity (Wildman–Crippen MR) is 49.9 cm³/mol. The summed E-state index contributed by atoms with van der Waals surface area (Å²) in [6.45, 7) is 1.58. The molecule has 68 valence electrons. The predicted octanol–water partition coefficient (Wildman–Crippen LogP) is 1.97. The van der Waals surface area contributed by atoms with E-state index in [9.17, 15) is 4.79 Å². The van der Waals surface area contributed by atoms with Crippen LogP contribution in [0.15, 0.2) is 24.3 Å². The highest BCUT2D eigenvalue weighted by atomic mass is 16.5. The fourth-order valence-corrected chi connectivity index (χ4v) is 1.61. The number of hydrogen-bond donors (Lipinski definition) is 0. The molecule has 1 aromatic carbocycles. The zero-order valence-electron chi connectivity index (χ0n) is 7.62. The third kappa shape index (κ3) is 1.57. The average Bonchev–Trinajstić information content (AvgIpc) is 2.17. The molecule has 0 aromatic heterocycles. The fraction of sp³-hybridized carbons (Fsp3) is 0.364. The summed E-state index contributed by atoms with van der Waals surface area (Å²) in [7, 11) is 0. The molecule has 1 atom stereocenters. The van der Waals surface area contributed by atoms with Crippen LogP contribution in [-0.4, -0.2) is 11.9 Å². The van der Waals surface area contributed by atoms with E-state index in [-0.39, 0.29) is 11.9 Å². The highest BCUT2D eigenvalue weighted by molar-refractivity contribution is 5.81. The maximum atomic E-state index is 11.1. The summed E-state index contributed by atoms with van der Waals surface area (Å²) in [5.41, 5.74) is 1.21. The Bertz CT molecular complexity index is 331. The molecule has 0 saturated carbocycles. The number of Topliss-reactive ketones (excluding diaryl/α,β-unsaturated/α-hetero) is 1. The van der Waals surface area contributed by atoms with Gasteiger partial charge in [0.25, 0.3) is 0 Å². The van der Waals surface area contributed by atoms with Crippen LogP contribution in [0.4, 0.5) is 0 Å². The molecule has 0 unspecified atom stereocenters. The van der Waals surface area contributed by atoms with Crippen LogP contribution < -0.4 is 4.74 Å². The number of carbonyl (C=O) groups is 1. The molecule has 0 amide bonds. The molecule has 0 N–H and O–H groups in total. The number of para-hydroxylation sites is 1. The molecule has 0 saturated heterocycles. The Hall–Kier alpha value is -1.31. The molecule has 13 heavy (non-hydrogen) atoms. The molecular formula is C11H12O2. The first-order valence-electron chi connectivity index (χ1n) is 4.52. The summed E-state index contributed by atoms with van der Waals surface area (Å²) < 4.78 is 5.54. The van der Waals surface area contributed by atoms with Crippen LogP contribution in [0.3, 0.4) is 0 Å². The summed E-state index contributed by atoms with van der Waals surface area (Å²) in [5.74, 6) is 0.989. The topological polar surface area (TPSA) is 26.3 Å². The van der Waals surface area contributed by atoms with E-state index in [0.717, 1.165) is 18.6 Å². The van der Waals surface area contributed by atoms with E-state index in [2.05, 4.69) is 0 Å². The van der Waals surface area contributed by atoms with Gasteiger partial charge in [0.2, 0.25) is 0 Å². The maximum absolute atomic E-state index is 11.1. The normalized spacial score (nSPS) is 20.2. The highest BCUT2D eigenvalue weighted by Crippen LogP contribution is 2.27. The molecule has 0 radical (unpaired) electrons. The number of ketones is 1. The minimum Gasteiger partial charge on any atom is -0.482 e. The van der Waals surface area contributed by atoms with Crippen molar-refractivity contribution in [1.29, 1.82) is 0 Å². The SMILES string of the molecule is CC(=O)[C@@H]1CCc2ccccc2O1. The van der Waals surface area contributed by atoms with Crippen molar-refractivity contribution < 1.29 is 9.53 Å². The van der Waals surface area contributed by atoms with Crippen LogP contribution in [-0.2, 0) is 11.2 Å². The lowest BCUT2D eigenvalue weighted by molar-refractivity contribution is -0.124. The van der Waals surface area contributed by atoms with Crippen molar-refractivity contribution in [2.24, 2.45) is 0 Å². The lowest BCUT2D eigenvalue weighted by Crippen LogP contribution is -2.29. The van der Waals surface area contributed by atoms with Crippen molar-refractivity contribution in [3.05, 3.63) is 29.8 Å². The Morgan fingerprint density at radius 3 is 3.00 bits per heavy atom. The van der Waals surface area contributed by atoms with E-state index < -0.39 is 0 Å². The molecule has 1 aromatic rings. The highest BCUT2D eigenvalue weighted by Gasteiger charge is 2.22. The number of fused-ring (bicyclic) bond motifs is 1. The molecule has 1 heterocycles. The maximum Gasteiger partial charge on any atom is 0.170 e. The van der Waals surface area contributed by atoms with Crippen LogP contribution in [0, 0.1) is 0 Å². The molecule has 0 aliphatic carbocycles. The Balaban J connectivity index is 2.24. The largest absolute Gasteiger partial charge is 0.482 e. The molecular weight excluding hydrogens is 164 g/mol. The average molecular weight is 176 g/mol. The van der Waals surface area contributed by atoms with Gasteiger partial charge in [0, 0.05) is 0 Å². The molecule has 0 fully saturated rings. The van der Waals surface area contributed by atoms with Gasteiger partial charge in [-0.05, 0) is 31.4 Å². The van der Waals surface area contributed by atoms with Gasteiger partial charge in [0.15, 0.2) is 11.9 Å². The third-order valence-corrected chi connectivity index (χ3v) is 2.37. The second-order valence-electron chi connectivity index (χ2n) is 3.36. The Kier molecular flexibility index (Phi) is 2.05. The van der Waals surface area contributed by atoms with Gasteiger partial charge in [-0.15, -0.1) is 0 Å². The van der Waals surface area contributed by atoms with Crippen LogP contribution in [0.5, 0.6) is 5.75 Å². The minimum absolute atomic E-state index is 0.120. The van der Waals surface area contributed by atoms with Gasteiger partial charge in [-0.1, -0.05) is 18.2 Å². The van der Waals surface area contributed by atoms with Gasteiger partial charge in [-0.2, -0.15) is 0 Å². The summed E-state index contributed by atoms with van der Waals surface area (Å²) in [5, 5.41) is 0. The lowest BCUT2D eigenvalue weighted by Gasteiger charge is -2.23. The van der Waals surface area contributed by atoms with Crippen LogP contribution in [0.1, 0.15) is 18.9 Å². The minimum atomic E-state index is -0.227. The lowest BCUT2D eigenvalue weighted by atomic mass is 10.0. The van der Waals surface area contributed by atoms with E-state index in [4.69, 9.17) is 4.74 Å². The summed E-state index contributed by atoms with van der Waals surface area (Å²) in [6.07, 6.45) is 1.53. The molecule has 1 aliphatic heterocycles. The smallest absolute Gasteiger partial charge is 0.170 e. The number of hydrogen-bond acceptors (Lipinski definition) is 2. The zero-order valence-corrected chi connectivity index (χ0v) is 7.62. The molecule has 1 aliphatic rings. The first kappa shape index (κ1) is 8.30. The van der Waals surface area contributed by atoms with Crippen molar-refractivity contribution in [1.82, 2.24) is 0 Å². The van der Waals surface area contributed by atoms with E-state index in [1.807, 2.05) is 24.3 Å². The van der Waals surface area contributed by atoms with E-state index >= 15 is 0 Å². The number of benzene rings is 1. The monoisotopic (exact) mass is 176 g/mol. The van der Waals surface area contributed by atoms with Crippen LogP contribution in [0.2, 0.25) is 0 Å². The second kappa shape index (κ2) is 3.21. The van der Waals surface area contributed by atoms with Crippen molar-refractivity contribution in [3.8, 4) is 5.75 Å². The van der Waals surface area contributed by atoms with Crippen molar-refractivity contribution in [2.45, 2.75) is 25.9 Å². The van der Waals surface area contributed by atoms with Crippen LogP contribution in [0.25, 0.3) is 0 Å². The van der Waals surface area contributed by atoms with E-state index in [1.54, 1.807) is 6.92 Å². The Morgan fingerprint density at radius 1 is 1.46 bits per heavy atom. The number of rotatable bonds is 1. The number of aryl methyl sites for hydroxylation is 1. The van der Waals surface area contributed by atoms with Gasteiger partial charge < -0.3 is 4.74 Å². The fourth-order valence-electron chi connectivity index (χ4n) is 1.61. The summed E-state index contributed by atoms with van der Waals surface area (Å²) >= 11 is 0. The van der Waals surface area contributed by atoms with Gasteiger partial charge in [0.05, 0.1) is 0 Å². The van der Waals surface area contributed by atoms with E-state index in [0.29, 0.717) is 0 Å². The molecule has 0 bridgehead atoms. The van der Waals surface area contributed by atoms with Crippen molar-refractivity contribution >= 4 is 5.78 Å². The Morgan fingerprint density at radius 2 is 2.23 bits per heavy atom. The van der Waals surface area contributed by atoms with Crippen molar-refractivity contribution in [2.75, 3.05) is 0 Å². The van der Waals surface area contributed by atoms with Gasteiger partial charge in [-0.25, -0.2) is 0 Å². The van der Waals surface area contributed by atoms with Gasteiger partial charge >= 0.3 is 0 Å². The van der Waals surface area contributed by atoms with Crippen molar-refractivity contribution in [3.63, 3.8) is 0 Å². The molecule has 2 rings (SSSR count). The third-order valence-electron chi connectivity index (χ3n) is 2.37. The number of ether oxygens (including phenoxy) is 1. The molecule has 2 heteroatoms. The standard InChI is InChI=1S/C11H12O2/c1-8(12)10-7-6-9-4-2-3-5-11(9)13-10/h2-5,10H,6-7H2,1H3/t10-/m0/s1. The summed E-state index contributed by atoms with van der Waals surface area (Å²) in [4.78, 5) is 11.1. The van der Waals surface area contributed by atoms with Gasteiger partial charge in [0.1, 0.15) is 5.75 Å². The zero-order chi connectivity index (χ0) is 9.26. The molecule has 0 spiro atoms. The van der Waals surface area contributed by atoms with Crippen LogP contribution >= 0.6 is 0 Å². The number of carbonyl (C=O) groups excluding carboxylic acids is 1. The first-order valence-corrected chi connectivity index (χ1v) is 4.52. The quantitative estimate of drug-likeness (QED) is 0.654. The second-order valence-corrected chi connectivity index (χ2v) is 3.36. The summed E-state index contributed by atoms with van der Waals surface area (Å²) in [6, 6.07) is 7.90. The van der Waals surface area contributed by atoms with Gasteiger partial charge in [-0.3, -0.25) is 4.79 Å². The first-order chi connectivity index (χ1) is 6.27. The molecule has 2 nitrogen and oxygen atoms in total. The Labute approximate surface area is 77.5 Å². The van der Waals surface area contributed by atoms with E-state index in [1.165, 1.54) is 5.56 Å².